The summed E-state index contributed by atoms with van der Waals surface area (Å²) >= 11 is 0. The first-order chi connectivity index (χ1) is 8.88. The number of rotatable bonds is 9. The molecule has 0 aromatic heterocycles. The van der Waals surface area contributed by atoms with Crippen molar-refractivity contribution in [2.45, 2.75) is 57.3 Å². The Balaban J connectivity index is 1.46. The summed E-state index contributed by atoms with van der Waals surface area (Å²) in [5.41, 5.74) is 0. The molecule has 0 N–H and O–H groups in total. The van der Waals surface area contributed by atoms with Gasteiger partial charge < -0.3 is 14.2 Å². The first-order valence-corrected chi connectivity index (χ1v) is 7.31. The van der Waals surface area contributed by atoms with Crippen LogP contribution in [0.4, 0.5) is 0 Å². The summed E-state index contributed by atoms with van der Waals surface area (Å²) in [5, 5.41) is 10.9. The van der Waals surface area contributed by atoms with Gasteiger partial charge in [0.2, 0.25) is 0 Å². The van der Waals surface area contributed by atoms with E-state index in [1.807, 2.05) is 0 Å². The third kappa shape index (κ3) is 5.65. The highest BCUT2D eigenvalue weighted by molar-refractivity contribution is 4.72. The molecule has 0 spiro atoms. The molecular formula is C14H25O4. The number of hydrogen-bond acceptors (Lipinski definition) is 3. The zero-order valence-corrected chi connectivity index (χ0v) is 11.1. The Labute approximate surface area is 110 Å². The van der Waals surface area contributed by atoms with Gasteiger partial charge in [-0.1, -0.05) is 19.3 Å². The molecule has 0 aromatic carbocycles. The Bertz CT molecular complexity index is 212. The van der Waals surface area contributed by atoms with E-state index in [2.05, 4.69) is 0 Å². The summed E-state index contributed by atoms with van der Waals surface area (Å²) in [5.74, 6) is 0.668. The van der Waals surface area contributed by atoms with Crippen LogP contribution in [0.15, 0.2) is 0 Å². The largest absolute Gasteiger partial charge is 0.376 e. The average Bonchev–Trinajstić information content (AvgIpc) is 3.23. The van der Waals surface area contributed by atoms with Crippen LogP contribution in [0.25, 0.3) is 0 Å². The monoisotopic (exact) mass is 257 g/mol. The quantitative estimate of drug-likeness (QED) is 0.471. The van der Waals surface area contributed by atoms with Crippen LogP contribution in [0.3, 0.4) is 0 Å². The third-order valence-corrected chi connectivity index (χ3v) is 3.64. The lowest BCUT2D eigenvalue weighted by atomic mass is 9.98. The van der Waals surface area contributed by atoms with E-state index in [-0.39, 0.29) is 6.61 Å². The fourth-order valence-electron chi connectivity index (χ4n) is 2.30. The lowest BCUT2D eigenvalue weighted by molar-refractivity contribution is -0.183. The molecule has 2 aliphatic rings. The lowest BCUT2D eigenvalue weighted by Gasteiger charge is -2.22. The fraction of sp³-hybridized carbons (Fsp3) is 1.00. The van der Waals surface area contributed by atoms with Crippen molar-refractivity contribution < 1.29 is 19.3 Å². The minimum absolute atomic E-state index is 0.323. The second kappa shape index (κ2) is 8.10. The minimum Gasteiger partial charge on any atom is -0.376 e. The lowest BCUT2D eigenvalue weighted by Crippen LogP contribution is -2.25. The third-order valence-electron chi connectivity index (χ3n) is 3.64. The molecule has 1 radical (unpaired) electrons. The van der Waals surface area contributed by atoms with Gasteiger partial charge in [0.05, 0.1) is 25.9 Å². The maximum atomic E-state index is 10.9. The summed E-state index contributed by atoms with van der Waals surface area (Å²) in [4.78, 5) is 0. The molecule has 1 unspecified atom stereocenters. The standard InChI is InChI=1S/C14H25O4/c15-10-14(18-11-12-6-7-12)17-9-8-16-13-4-2-1-3-5-13/h12-14H,1-11H2. The van der Waals surface area contributed by atoms with Crippen molar-refractivity contribution in [1.82, 2.24) is 0 Å². The predicted octanol–water partition coefficient (Wildman–Crippen LogP) is 2.54. The molecule has 1 atom stereocenters. The molecule has 0 saturated heterocycles. The molecule has 2 aliphatic carbocycles. The van der Waals surface area contributed by atoms with Crippen molar-refractivity contribution >= 4 is 0 Å². The first kappa shape index (κ1) is 14.3. The van der Waals surface area contributed by atoms with Crippen molar-refractivity contribution in [3.05, 3.63) is 0 Å². The van der Waals surface area contributed by atoms with Gasteiger partial charge in [0.25, 0.3) is 0 Å². The summed E-state index contributed by atoms with van der Waals surface area (Å²) in [6.45, 7) is 1.40. The van der Waals surface area contributed by atoms with Crippen LogP contribution in [0.5, 0.6) is 0 Å². The summed E-state index contributed by atoms with van der Waals surface area (Å²) in [6, 6.07) is 0. The van der Waals surface area contributed by atoms with Crippen LogP contribution in [0, 0.1) is 5.92 Å². The van der Waals surface area contributed by atoms with Crippen molar-refractivity contribution in [1.29, 1.82) is 0 Å². The van der Waals surface area contributed by atoms with Gasteiger partial charge in [0.1, 0.15) is 6.61 Å². The van der Waals surface area contributed by atoms with E-state index in [0.717, 1.165) is 0 Å². The Morgan fingerprint density at radius 3 is 2.39 bits per heavy atom. The van der Waals surface area contributed by atoms with Gasteiger partial charge in [-0.15, -0.1) is 0 Å². The highest BCUT2D eigenvalue weighted by Gasteiger charge is 2.23. The second-order valence-electron chi connectivity index (χ2n) is 5.37. The predicted molar refractivity (Wildman–Crippen MR) is 66.8 cm³/mol. The van der Waals surface area contributed by atoms with E-state index in [4.69, 9.17) is 14.2 Å². The molecule has 0 amide bonds. The van der Waals surface area contributed by atoms with E-state index in [0.29, 0.717) is 31.8 Å². The number of ether oxygens (including phenoxy) is 3. The van der Waals surface area contributed by atoms with Crippen LogP contribution in [0.2, 0.25) is 0 Å². The molecule has 18 heavy (non-hydrogen) atoms. The van der Waals surface area contributed by atoms with E-state index >= 15 is 0 Å². The van der Waals surface area contributed by atoms with Gasteiger partial charge in [-0.2, -0.15) is 0 Å². The molecule has 4 heteroatoms. The van der Waals surface area contributed by atoms with E-state index in [9.17, 15) is 5.11 Å². The summed E-state index contributed by atoms with van der Waals surface area (Å²) < 4.78 is 16.6. The van der Waals surface area contributed by atoms with E-state index in [1.165, 1.54) is 44.9 Å². The zero-order chi connectivity index (χ0) is 12.6. The van der Waals surface area contributed by atoms with Gasteiger partial charge >= 0.3 is 0 Å². The van der Waals surface area contributed by atoms with E-state index < -0.39 is 6.29 Å². The van der Waals surface area contributed by atoms with Crippen molar-refractivity contribution in [3.8, 4) is 0 Å². The van der Waals surface area contributed by atoms with Crippen LogP contribution < -0.4 is 0 Å². The molecule has 2 fully saturated rings. The van der Waals surface area contributed by atoms with Crippen LogP contribution in [0.1, 0.15) is 44.9 Å². The van der Waals surface area contributed by atoms with Crippen LogP contribution in [-0.4, -0.2) is 38.8 Å². The van der Waals surface area contributed by atoms with Crippen LogP contribution >= 0.6 is 0 Å². The second-order valence-corrected chi connectivity index (χ2v) is 5.37. The van der Waals surface area contributed by atoms with E-state index in [1.54, 1.807) is 0 Å². The van der Waals surface area contributed by atoms with Crippen LogP contribution in [-0.2, 0) is 19.3 Å². The number of hydrogen-bond donors (Lipinski definition) is 0. The van der Waals surface area contributed by atoms with Crippen molar-refractivity contribution in [3.63, 3.8) is 0 Å². The molecule has 0 bridgehead atoms. The SMILES string of the molecule is [O]CC(OCCOC1CCCCC1)OCC1CC1. The van der Waals surface area contributed by atoms with Crippen molar-refractivity contribution in [2.24, 2.45) is 5.92 Å². The maximum Gasteiger partial charge on any atom is 0.184 e. The van der Waals surface area contributed by atoms with Gasteiger partial charge in [0, 0.05) is 0 Å². The van der Waals surface area contributed by atoms with Gasteiger partial charge in [-0.3, -0.25) is 0 Å². The maximum absolute atomic E-state index is 10.9. The summed E-state index contributed by atoms with van der Waals surface area (Å²) in [6.07, 6.45) is 8.52. The molecule has 2 rings (SSSR count). The molecular weight excluding hydrogens is 232 g/mol. The Kier molecular flexibility index (Phi) is 6.41. The van der Waals surface area contributed by atoms with Gasteiger partial charge in [-0.05, 0) is 31.6 Å². The summed E-state index contributed by atoms with van der Waals surface area (Å²) in [7, 11) is 0. The molecule has 2 saturated carbocycles. The fourth-order valence-corrected chi connectivity index (χ4v) is 2.30. The first-order valence-electron chi connectivity index (χ1n) is 7.31. The van der Waals surface area contributed by atoms with Gasteiger partial charge in [-0.25, -0.2) is 5.11 Å². The zero-order valence-electron chi connectivity index (χ0n) is 11.1. The Morgan fingerprint density at radius 1 is 0.944 bits per heavy atom. The molecule has 0 heterocycles. The molecule has 105 valence electrons. The minimum atomic E-state index is -0.583. The van der Waals surface area contributed by atoms with Crippen molar-refractivity contribution in [2.75, 3.05) is 26.4 Å². The molecule has 0 aliphatic heterocycles. The topological polar surface area (TPSA) is 47.6 Å². The molecule has 0 aromatic rings. The smallest absolute Gasteiger partial charge is 0.184 e. The highest BCUT2D eigenvalue weighted by Crippen LogP contribution is 2.29. The highest BCUT2D eigenvalue weighted by atomic mass is 16.7. The molecule has 4 nitrogen and oxygen atoms in total. The normalized spacial score (nSPS) is 23.2. The van der Waals surface area contributed by atoms with Gasteiger partial charge in [0.15, 0.2) is 6.29 Å². The Morgan fingerprint density at radius 2 is 1.72 bits per heavy atom. The Hall–Kier alpha value is -0.160. The average molecular weight is 257 g/mol.